The van der Waals surface area contributed by atoms with Crippen LogP contribution >= 0.6 is 0 Å². The van der Waals surface area contributed by atoms with Crippen LogP contribution in [0.3, 0.4) is 0 Å². The normalized spacial score (nSPS) is 17.6. The van der Waals surface area contributed by atoms with Crippen LogP contribution in [0.2, 0.25) is 0 Å². The number of rotatable bonds is 5. The van der Waals surface area contributed by atoms with Gasteiger partial charge in [-0.15, -0.1) is 5.10 Å². The molecule has 3 rings (SSSR count). The molecule has 1 fully saturated rings. The van der Waals surface area contributed by atoms with Crippen LogP contribution in [0, 0.1) is 6.92 Å². The molecule has 1 aliphatic rings. The summed E-state index contributed by atoms with van der Waals surface area (Å²) in [6.07, 6.45) is 3.58. The van der Waals surface area contributed by atoms with Gasteiger partial charge in [-0.05, 0) is 37.6 Å². The van der Waals surface area contributed by atoms with E-state index in [2.05, 4.69) is 67.5 Å². The molecule has 1 aromatic carbocycles. The number of hydrogen-bond acceptors (Lipinski definition) is 3. The van der Waals surface area contributed by atoms with E-state index in [4.69, 9.17) is 0 Å². The summed E-state index contributed by atoms with van der Waals surface area (Å²) < 4.78 is 2.04. The van der Waals surface area contributed by atoms with Crippen molar-refractivity contribution in [2.24, 2.45) is 0 Å². The highest BCUT2D eigenvalue weighted by atomic mass is 15.6. The number of aromatic nitrogens is 4. The number of tetrazole rings is 1. The molecule has 0 radical (unpaired) electrons. The SMILES string of the molecule is CCC(C)(C)n1nnnc1[C@@H](c1ccc(C)cc1)[NH+]1CCCC1. The van der Waals surface area contributed by atoms with Crippen molar-refractivity contribution < 1.29 is 4.90 Å². The van der Waals surface area contributed by atoms with Crippen LogP contribution in [0.25, 0.3) is 0 Å². The Balaban J connectivity index is 2.06. The van der Waals surface area contributed by atoms with Crippen molar-refractivity contribution in [2.45, 2.75) is 58.5 Å². The molecular formula is C18H28N5+. The van der Waals surface area contributed by atoms with E-state index in [1.165, 1.54) is 37.1 Å². The highest BCUT2D eigenvalue weighted by Crippen LogP contribution is 2.25. The fraction of sp³-hybridized carbons (Fsp3) is 0.611. The predicted octanol–water partition coefficient (Wildman–Crippen LogP) is 1.89. The number of likely N-dealkylation sites (tertiary alicyclic amines) is 1. The Morgan fingerprint density at radius 1 is 1.17 bits per heavy atom. The lowest BCUT2D eigenvalue weighted by atomic mass is 9.99. The lowest BCUT2D eigenvalue weighted by Crippen LogP contribution is -3.10. The van der Waals surface area contributed by atoms with Crippen molar-refractivity contribution >= 4 is 0 Å². The summed E-state index contributed by atoms with van der Waals surface area (Å²) in [4.78, 5) is 1.58. The maximum Gasteiger partial charge on any atom is 0.214 e. The topological polar surface area (TPSA) is 48.0 Å². The second-order valence-corrected chi connectivity index (χ2v) is 7.32. The summed E-state index contributed by atoms with van der Waals surface area (Å²) in [7, 11) is 0. The standard InChI is InChI=1S/C18H27N5/c1-5-18(3,4)23-17(19-20-21-23)16(22-12-6-7-13-22)15-10-8-14(2)9-11-15/h8-11,16H,5-7,12-13H2,1-4H3/p+1/t16-/m1/s1. The summed E-state index contributed by atoms with van der Waals surface area (Å²) in [5.41, 5.74) is 2.54. The highest BCUT2D eigenvalue weighted by Gasteiger charge is 2.36. The van der Waals surface area contributed by atoms with E-state index in [1.54, 1.807) is 4.90 Å². The Morgan fingerprint density at radius 2 is 1.83 bits per heavy atom. The molecule has 0 amide bonds. The quantitative estimate of drug-likeness (QED) is 0.917. The Morgan fingerprint density at radius 3 is 2.43 bits per heavy atom. The maximum atomic E-state index is 4.46. The lowest BCUT2D eigenvalue weighted by Gasteiger charge is -2.29. The molecular weight excluding hydrogens is 286 g/mol. The summed E-state index contributed by atoms with van der Waals surface area (Å²) in [6, 6.07) is 9.08. The number of nitrogens with one attached hydrogen (secondary N) is 1. The Kier molecular flexibility index (Phi) is 4.48. The van der Waals surface area contributed by atoms with E-state index in [0.29, 0.717) is 0 Å². The first-order valence-electron chi connectivity index (χ1n) is 8.73. The molecule has 5 nitrogen and oxygen atoms in total. The largest absolute Gasteiger partial charge is 0.322 e. The molecule has 1 N–H and O–H groups in total. The van der Waals surface area contributed by atoms with Gasteiger partial charge in [-0.3, -0.25) is 0 Å². The average molecular weight is 314 g/mol. The van der Waals surface area contributed by atoms with Crippen molar-refractivity contribution in [3.8, 4) is 0 Å². The summed E-state index contributed by atoms with van der Waals surface area (Å²) >= 11 is 0. The molecule has 0 spiro atoms. The van der Waals surface area contributed by atoms with Gasteiger partial charge in [-0.2, -0.15) is 0 Å². The highest BCUT2D eigenvalue weighted by molar-refractivity contribution is 5.26. The molecule has 2 aromatic rings. The van der Waals surface area contributed by atoms with Crippen molar-refractivity contribution in [1.29, 1.82) is 0 Å². The first-order chi connectivity index (χ1) is 11.0. The van der Waals surface area contributed by atoms with Crippen LogP contribution in [0.4, 0.5) is 0 Å². The summed E-state index contributed by atoms with van der Waals surface area (Å²) in [5, 5.41) is 12.8. The predicted molar refractivity (Wildman–Crippen MR) is 90.4 cm³/mol. The average Bonchev–Trinajstić information content (AvgIpc) is 3.22. The minimum atomic E-state index is -0.0685. The van der Waals surface area contributed by atoms with Gasteiger partial charge in [0.15, 0.2) is 6.04 Å². The van der Waals surface area contributed by atoms with E-state index in [1.807, 2.05) is 4.68 Å². The van der Waals surface area contributed by atoms with Crippen LogP contribution < -0.4 is 4.90 Å². The van der Waals surface area contributed by atoms with E-state index in [9.17, 15) is 0 Å². The number of hydrogen-bond donors (Lipinski definition) is 1. The molecule has 0 bridgehead atoms. The third-order valence-electron chi connectivity index (χ3n) is 5.26. The molecule has 0 unspecified atom stereocenters. The molecule has 2 heterocycles. The van der Waals surface area contributed by atoms with Gasteiger partial charge in [0.1, 0.15) is 0 Å². The third-order valence-corrected chi connectivity index (χ3v) is 5.26. The number of nitrogens with zero attached hydrogens (tertiary/aromatic N) is 4. The van der Waals surface area contributed by atoms with E-state index >= 15 is 0 Å². The Bertz CT molecular complexity index is 638. The van der Waals surface area contributed by atoms with Gasteiger partial charge in [0, 0.05) is 18.4 Å². The van der Waals surface area contributed by atoms with Crippen LogP contribution in [-0.4, -0.2) is 33.3 Å². The molecule has 1 aromatic heterocycles. The molecule has 5 heteroatoms. The zero-order valence-electron chi connectivity index (χ0n) is 14.7. The van der Waals surface area contributed by atoms with E-state index < -0.39 is 0 Å². The molecule has 23 heavy (non-hydrogen) atoms. The molecule has 0 aliphatic carbocycles. The van der Waals surface area contributed by atoms with Gasteiger partial charge < -0.3 is 4.90 Å². The van der Waals surface area contributed by atoms with Crippen molar-refractivity contribution in [1.82, 2.24) is 20.2 Å². The monoisotopic (exact) mass is 314 g/mol. The van der Waals surface area contributed by atoms with Crippen molar-refractivity contribution in [3.63, 3.8) is 0 Å². The van der Waals surface area contributed by atoms with E-state index in [-0.39, 0.29) is 11.6 Å². The molecule has 1 atom stereocenters. The second kappa shape index (κ2) is 6.40. The summed E-state index contributed by atoms with van der Waals surface area (Å²) in [5.74, 6) is 0.998. The zero-order valence-corrected chi connectivity index (χ0v) is 14.7. The van der Waals surface area contributed by atoms with Gasteiger partial charge in [0.05, 0.1) is 18.6 Å². The molecule has 124 valence electrons. The van der Waals surface area contributed by atoms with E-state index in [0.717, 1.165) is 12.2 Å². The molecule has 1 saturated heterocycles. The first-order valence-corrected chi connectivity index (χ1v) is 8.73. The minimum absolute atomic E-state index is 0.0685. The van der Waals surface area contributed by atoms with Crippen LogP contribution in [0.5, 0.6) is 0 Å². The zero-order chi connectivity index (χ0) is 16.4. The van der Waals surface area contributed by atoms with Gasteiger partial charge in [-0.25, -0.2) is 4.68 Å². The number of benzene rings is 1. The van der Waals surface area contributed by atoms with Crippen molar-refractivity contribution in [3.05, 3.63) is 41.2 Å². The van der Waals surface area contributed by atoms with Crippen molar-refractivity contribution in [2.75, 3.05) is 13.1 Å². The second-order valence-electron chi connectivity index (χ2n) is 7.32. The fourth-order valence-electron chi connectivity index (χ4n) is 3.40. The minimum Gasteiger partial charge on any atom is -0.322 e. The number of quaternary nitrogens is 1. The van der Waals surface area contributed by atoms with Crippen LogP contribution in [-0.2, 0) is 5.54 Å². The lowest BCUT2D eigenvalue weighted by molar-refractivity contribution is -0.914. The molecule has 1 aliphatic heterocycles. The smallest absolute Gasteiger partial charge is 0.214 e. The Labute approximate surface area is 138 Å². The van der Waals surface area contributed by atoms with Crippen LogP contribution in [0.1, 0.15) is 63.0 Å². The first kappa shape index (κ1) is 16.1. The van der Waals surface area contributed by atoms with Gasteiger partial charge >= 0.3 is 0 Å². The fourth-order valence-corrected chi connectivity index (χ4v) is 3.40. The van der Waals surface area contributed by atoms with Gasteiger partial charge in [0.2, 0.25) is 5.82 Å². The Hall–Kier alpha value is -1.75. The number of aryl methyl sites for hydroxylation is 1. The molecule has 0 saturated carbocycles. The van der Waals surface area contributed by atoms with Crippen LogP contribution in [0.15, 0.2) is 24.3 Å². The maximum absolute atomic E-state index is 4.46. The summed E-state index contributed by atoms with van der Waals surface area (Å²) in [6.45, 7) is 11.1. The van der Waals surface area contributed by atoms with Gasteiger partial charge in [-0.1, -0.05) is 36.8 Å². The third kappa shape index (κ3) is 3.15. The van der Waals surface area contributed by atoms with Gasteiger partial charge in [0.25, 0.3) is 0 Å².